The molecule has 2 N–H and O–H groups in total. The third kappa shape index (κ3) is 7.38. The number of thiophene rings is 1. The zero-order valence-electron chi connectivity index (χ0n) is 16.9. The predicted molar refractivity (Wildman–Crippen MR) is 122 cm³/mol. The summed E-state index contributed by atoms with van der Waals surface area (Å²) in [4.78, 5) is 5.93. The Balaban J connectivity index is 0.00000364. The van der Waals surface area contributed by atoms with Crippen LogP contribution < -0.4 is 10.6 Å². The molecule has 0 bridgehead atoms. The third-order valence-corrected chi connectivity index (χ3v) is 5.15. The molecule has 0 saturated heterocycles. The number of hydrogen-bond acceptors (Lipinski definition) is 5. The van der Waals surface area contributed by atoms with Gasteiger partial charge in [-0.3, -0.25) is 0 Å². The molecule has 152 valence electrons. The van der Waals surface area contributed by atoms with E-state index in [2.05, 4.69) is 64.1 Å². The lowest BCUT2D eigenvalue weighted by atomic mass is 9.89. The summed E-state index contributed by atoms with van der Waals surface area (Å²) in [5.41, 5.74) is 0.0430. The number of methoxy groups -OCH3 is 1. The molecule has 0 amide bonds. The Morgan fingerprint density at radius 1 is 1.33 bits per heavy atom. The average molecular weight is 506 g/mol. The predicted octanol–water partition coefficient (Wildman–Crippen LogP) is 3.10. The topological polar surface area (TPSA) is 76.4 Å². The van der Waals surface area contributed by atoms with Gasteiger partial charge >= 0.3 is 0 Å². The van der Waals surface area contributed by atoms with Crippen LogP contribution in [-0.4, -0.2) is 40.5 Å². The van der Waals surface area contributed by atoms with Gasteiger partial charge in [-0.1, -0.05) is 26.8 Å². The minimum absolute atomic E-state index is 0. The minimum Gasteiger partial charge on any atom is -0.379 e. The van der Waals surface area contributed by atoms with E-state index < -0.39 is 0 Å². The number of nitrogens with one attached hydrogen (secondary N) is 2. The Labute approximate surface area is 183 Å². The summed E-state index contributed by atoms with van der Waals surface area (Å²) in [7, 11) is 3.70. The fraction of sp³-hybridized carbons (Fsp3) is 0.611. The van der Waals surface area contributed by atoms with Gasteiger partial charge in [-0.15, -0.1) is 45.5 Å². The Hall–Kier alpha value is -1.20. The van der Waals surface area contributed by atoms with Gasteiger partial charge in [0.25, 0.3) is 0 Å². The zero-order valence-corrected chi connectivity index (χ0v) is 20.1. The SMILES string of the molecule is COC(CNC(=NCc1nnc(C)n1C)NCc1cccs1)C(C)(C)C.I. The smallest absolute Gasteiger partial charge is 0.192 e. The fourth-order valence-electron chi connectivity index (χ4n) is 2.43. The Kier molecular flexibility index (Phi) is 9.68. The summed E-state index contributed by atoms with van der Waals surface area (Å²) in [5, 5.41) is 17.1. The number of nitrogens with zero attached hydrogens (tertiary/aromatic N) is 4. The van der Waals surface area contributed by atoms with Crippen LogP contribution in [0, 0.1) is 12.3 Å². The summed E-state index contributed by atoms with van der Waals surface area (Å²) in [6.45, 7) is 10.3. The highest BCUT2D eigenvalue weighted by Crippen LogP contribution is 2.20. The molecule has 2 rings (SSSR count). The van der Waals surface area contributed by atoms with Crippen LogP contribution in [0.25, 0.3) is 0 Å². The fourth-order valence-corrected chi connectivity index (χ4v) is 3.07. The molecule has 7 nitrogen and oxygen atoms in total. The van der Waals surface area contributed by atoms with Crippen LogP contribution in [0.4, 0.5) is 0 Å². The molecule has 2 aromatic heterocycles. The van der Waals surface area contributed by atoms with Gasteiger partial charge in [0.05, 0.1) is 12.6 Å². The molecule has 0 aliphatic rings. The molecule has 2 heterocycles. The Morgan fingerprint density at radius 3 is 2.59 bits per heavy atom. The Bertz CT molecular complexity index is 708. The van der Waals surface area contributed by atoms with E-state index in [-0.39, 0.29) is 35.5 Å². The van der Waals surface area contributed by atoms with Crippen molar-refractivity contribution in [1.29, 1.82) is 0 Å². The van der Waals surface area contributed by atoms with Gasteiger partial charge in [-0.25, -0.2) is 4.99 Å². The molecule has 1 atom stereocenters. The molecular weight excluding hydrogens is 475 g/mol. The van der Waals surface area contributed by atoms with E-state index in [1.54, 1.807) is 18.4 Å². The Morgan fingerprint density at radius 2 is 2.07 bits per heavy atom. The molecule has 9 heteroatoms. The van der Waals surface area contributed by atoms with Crippen molar-refractivity contribution < 1.29 is 4.74 Å². The molecule has 0 spiro atoms. The van der Waals surface area contributed by atoms with Crippen LogP contribution in [0.2, 0.25) is 0 Å². The molecule has 0 aliphatic heterocycles. The van der Waals surface area contributed by atoms with Gasteiger partial charge in [0.15, 0.2) is 11.8 Å². The van der Waals surface area contributed by atoms with Crippen molar-refractivity contribution >= 4 is 41.3 Å². The summed E-state index contributed by atoms with van der Waals surface area (Å²) in [6.07, 6.45) is 0.0771. The number of guanidine groups is 1. The van der Waals surface area contributed by atoms with Crippen molar-refractivity contribution in [2.75, 3.05) is 13.7 Å². The summed E-state index contributed by atoms with van der Waals surface area (Å²) in [5.74, 6) is 2.45. The average Bonchev–Trinajstić information content (AvgIpc) is 3.20. The van der Waals surface area contributed by atoms with Gasteiger partial charge in [-0.2, -0.15) is 0 Å². The number of hydrogen-bond donors (Lipinski definition) is 2. The third-order valence-electron chi connectivity index (χ3n) is 4.28. The maximum Gasteiger partial charge on any atom is 0.192 e. The van der Waals surface area contributed by atoms with Crippen molar-refractivity contribution in [2.24, 2.45) is 17.5 Å². The van der Waals surface area contributed by atoms with Gasteiger partial charge in [-0.05, 0) is 23.8 Å². The number of aryl methyl sites for hydroxylation is 1. The highest BCUT2D eigenvalue weighted by molar-refractivity contribution is 14.0. The normalized spacial score (nSPS) is 13.2. The number of aliphatic imine (C=N–C) groups is 1. The van der Waals surface area contributed by atoms with E-state index in [0.29, 0.717) is 13.1 Å². The first kappa shape index (κ1) is 23.8. The first-order valence-electron chi connectivity index (χ1n) is 8.73. The lowest BCUT2D eigenvalue weighted by Gasteiger charge is -2.30. The van der Waals surface area contributed by atoms with E-state index in [9.17, 15) is 0 Å². The van der Waals surface area contributed by atoms with Crippen molar-refractivity contribution in [2.45, 2.75) is 46.9 Å². The zero-order chi connectivity index (χ0) is 19.2. The van der Waals surface area contributed by atoms with Crippen LogP contribution in [-0.2, 0) is 24.9 Å². The second-order valence-electron chi connectivity index (χ2n) is 7.29. The van der Waals surface area contributed by atoms with Crippen molar-refractivity contribution in [3.05, 3.63) is 34.0 Å². The quantitative estimate of drug-likeness (QED) is 0.343. The number of aromatic nitrogens is 3. The maximum absolute atomic E-state index is 5.63. The van der Waals surface area contributed by atoms with Gasteiger partial charge in [0.1, 0.15) is 12.4 Å². The van der Waals surface area contributed by atoms with Crippen molar-refractivity contribution in [1.82, 2.24) is 25.4 Å². The van der Waals surface area contributed by atoms with Crippen molar-refractivity contribution in [3.63, 3.8) is 0 Å². The molecule has 0 fully saturated rings. The van der Waals surface area contributed by atoms with Crippen LogP contribution in [0.15, 0.2) is 22.5 Å². The summed E-state index contributed by atoms with van der Waals surface area (Å²) >= 11 is 1.72. The van der Waals surface area contributed by atoms with E-state index >= 15 is 0 Å². The van der Waals surface area contributed by atoms with E-state index in [4.69, 9.17) is 4.74 Å². The van der Waals surface area contributed by atoms with E-state index in [0.717, 1.165) is 24.2 Å². The molecule has 1 unspecified atom stereocenters. The van der Waals surface area contributed by atoms with Crippen molar-refractivity contribution in [3.8, 4) is 0 Å². The standard InChI is InChI=1S/C18H30N6OS.HI/c1-13-22-23-16(24(13)5)12-21-17(19-10-14-8-7-9-26-14)20-11-15(25-6)18(2,3)4;/h7-9,15H,10-12H2,1-6H3,(H2,19,20,21);1H. The first-order valence-corrected chi connectivity index (χ1v) is 9.61. The highest BCUT2D eigenvalue weighted by atomic mass is 127. The van der Waals surface area contributed by atoms with Crippen LogP contribution >= 0.6 is 35.3 Å². The van der Waals surface area contributed by atoms with Crippen LogP contribution in [0.1, 0.15) is 37.3 Å². The maximum atomic E-state index is 5.63. The van der Waals surface area contributed by atoms with Crippen LogP contribution in [0.3, 0.4) is 0 Å². The number of rotatable bonds is 7. The second kappa shape index (κ2) is 11.0. The number of halogens is 1. The molecule has 27 heavy (non-hydrogen) atoms. The number of ether oxygens (including phenoxy) is 1. The second-order valence-corrected chi connectivity index (χ2v) is 8.32. The van der Waals surface area contributed by atoms with Crippen LogP contribution in [0.5, 0.6) is 0 Å². The van der Waals surface area contributed by atoms with E-state index in [1.807, 2.05) is 18.5 Å². The molecule has 0 radical (unpaired) electrons. The molecule has 0 saturated carbocycles. The molecular formula is C18H31IN6OS. The first-order chi connectivity index (χ1) is 12.3. The molecule has 2 aromatic rings. The lowest BCUT2D eigenvalue weighted by molar-refractivity contribution is 0.0205. The lowest BCUT2D eigenvalue weighted by Crippen LogP contribution is -2.45. The molecule has 0 aromatic carbocycles. The van der Waals surface area contributed by atoms with E-state index in [1.165, 1.54) is 4.88 Å². The van der Waals surface area contributed by atoms with Gasteiger partial charge < -0.3 is 19.9 Å². The summed E-state index contributed by atoms with van der Waals surface area (Å²) < 4.78 is 7.58. The molecule has 0 aliphatic carbocycles. The largest absolute Gasteiger partial charge is 0.379 e. The van der Waals surface area contributed by atoms with Gasteiger partial charge in [0.2, 0.25) is 0 Å². The van der Waals surface area contributed by atoms with Gasteiger partial charge in [0, 0.05) is 25.6 Å². The minimum atomic E-state index is 0. The summed E-state index contributed by atoms with van der Waals surface area (Å²) in [6, 6.07) is 4.16. The monoisotopic (exact) mass is 506 g/mol. The highest BCUT2D eigenvalue weighted by Gasteiger charge is 2.24.